The largest absolute Gasteiger partial charge is 0.416 e. The number of carbonyl (C=O) groups excluding carboxylic acids is 1. The van der Waals surface area contributed by atoms with Crippen LogP contribution >= 0.6 is 11.3 Å². The third-order valence-electron chi connectivity index (χ3n) is 3.54. The molecule has 3 rings (SSSR count). The van der Waals surface area contributed by atoms with E-state index in [9.17, 15) is 22.8 Å². The van der Waals surface area contributed by atoms with E-state index in [1.54, 1.807) is 11.4 Å². The van der Waals surface area contributed by atoms with Gasteiger partial charge in [-0.25, -0.2) is 4.68 Å². The lowest BCUT2D eigenvalue weighted by molar-refractivity contribution is -0.137. The maximum absolute atomic E-state index is 12.5. The normalized spacial score (nSPS) is 11.6. The Morgan fingerprint density at radius 1 is 1.20 bits per heavy atom. The summed E-state index contributed by atoms with van der Waals surface area (Å²) >= 11 is 1.38. The second-order valence-corrected chi connectivity index (χ2v) is 6.23. The summed E-state index contributed by atoms with van der Waals surface area (Å²) in [5, 5.41) is 8.76. The van der Waals surface area contributed by atoms with Crippen LogP contribution in [-0.2, 0) is 24.1 Å². The van der Waals surface area contributed by atoms with Crippen LogP contribution in [0.2, 0.25) is 0 Å². The zero-order valence-corrected chi connectivity index (χ0v) is 13.5. The number of rotatable bonds is 4. The Bertz CT molecular complexity index is 961. The van der Waals surface area contributed by atoms with E-state index < -0.39 is 17.6 Å². The van der Waals surface area contributed by atoms with Gasteiger partial charge in [-0.1, -0.05) is 12.1 Å². The molecule has 0 aliphatic heterocycles. The van der Waals surface area contributed by atoms with E-state index in [1.807, 2.05) is 0 Å². The van der Waals surface area contributed by atoms with Gasteiger partial charge in [0.2, 0.25) is 5.91 Å². The third kappa shape index (κ3) is 3.87. The predicted octanol–water partition coefficient (Wildman–Crippen LogP) is 2.79. The highest BCUT2D eigenvalue weighted by molar-refractivity contribution is 7.17. The van der Waals surface area contributed by atoms with Gasteiger partial charge in [0.25, 0.3) is 5.56 Å². The monoisotopic (exact) mass is 367 g/mol. The molecule has 1 aromatic carbocycles. The number of carbonyl (C=O) groups is 1. The Labute approximate surface area is 143 Å². The van der Waals surface area contributed by atoms with Crippen molar-refractivity contribution in [1.82, 2.24) is 15.1 Å². The number of nitrogens with one attached hydrogen (secondary N) is 1. The van der Waals surface area contributed by atoms with Crippen LogP contribution in [0.3, 0.4) is 0 Å². The van der Waals surface area contributed by atoms with Crippen molar-refractivity contribution in [2.24, 2.45) is 0 Å². The summed E-state index contributed by atoms with van der Waals surface area (Å²) in [4.78, 5) is 24.1. The van der Waals surface area contributed by atoms with Gasteiger partial charge in [0.15, 0.2) is 0 Å². The Morgan fingerprint density at radius 3 is 2.60 bits per heavy atom. The van der Waals surface area contributed by atoms with E-state index in [0.717, 1.165) is 21.5 Å². The van der Waals surface area contributed by atoms with Crippen molar-refractivity contribution in [3.63, 3.8) is 0 Å². The fourth-order valence-electron chi connectivity index (χ4n) is 2.23. The number of halogens is 3. The van der Waals surface area contributed by atoms with Crippen LogP contribution in [0.25, 0.3) is 10.1 Å². The minimum absolute atomic E-state index is 0.0619. The molecule has 0 saturated carbocycles. The van der Waals surface area contributed by atoms with Gasteiger partial charge in [0.05, 0.1) is 21.8 Å². The standard InChI is InChI=1S/C16H12F3N3O2S/c17-16(18,19)11-3-1-10(2-4-11)7-20-14(23)9-22-15(24)12-5-6-25-13(12)8-21-22/h1-6,8H,7,9H2,(H,20,23). The van der Waals surface area contributed by atoms with Crippen LogP contribution in [0.1, 0.15) is 11.1 Å². The summed E-state index contributed by atoms with van der Waals surface area (Å²) < 4.78 is 39.3. The van der Waals surface area contributed by atoms with Gasteiger partial charge in [0.1, 0.15) is 6.54 Å². The lowest BCUT2D eigenvalue weighted by Crippen LogP contribution is -2.33. The van der Waals surface area contributed by atoms with Crippen molar-refractivity contribution >= 4 is 27.3 Å². The molecule has 2 heterocycles. The lowest BCUT2D eigenvalue weighted by atomic mass is 10.1. The molecule has 0 radical (unpaired) electrons. The SMILES string of the molecule is O=C(Cn1ncc2sccc2c1=O)NCc1ccc(C(F)(F)F)cc1. The number of benzene rings is 1. The molecular weight excluding hydrogens is 355 g/mol. The van der Waals surface area contributed by atoms with Crippen molar-refractivity contribution in [2.75, 3.05) is 0 Å². The molecule has 0 aliphatic rings. The molecule has 0 saturated heterocycles. The number of hydrogen-bond acceptors (Lipinski definition) is 4. The van der Waals surface area contributed by atoms with Gasteiger partial charge >= 0.3 is 6.18 Å². The number of nitrogens with zero attached hydrogens (tertiary/aromatic N) is 2. The second kappa shape index (κ2) is 6.67. The third-order valence-corrected chi connectivity index (χ3v) is 4.39. The summed E-state index contributed by atoms with van der Waals surface area (Å²) in [5.41, 5.74) is -0.583. The van der Waals surface area contributed by atoms with Gasteiger partial charge in [-0.3, -0.25) is 9.59 Å². The highest BCUT2D eigenvalue weighted by Gasteiger charge is 2.29. The van der Waals surface area contributed by atoms with Crippen molar-refractivity contribution in [3.8, 4) is 0 Å². The summed E-state index contributed by atoms with van der Waals surface area (Å²) in [6.07, 6.45) is -2.88. The molecular formula is C16H12F3N3O2S. The average Bonchev–Trinajstić information content (AvgIpc) is 3.05. The Kier molecular flexibility index (Phi) is 4.58. The van der Waals surface area contributed by atoms with E-state index in [0.29, 0.717) is 10.9 Å². The molecule has 0 bridgehead atoms. The fourth-order valence-corrected chi connectivity index (χ4v) is 2.97. The molecule has 3 aromatic rings. The number of amides is 1. The lowest BCUT2D eigenvalue weighted by Gasteiger charge is -2.09. The highest BCUT2D eigenvalue weighted by Crippen LogP contribution is 2.29. The second-order valence-electron chi connectivity index (χ2n) is 5.28. The van der Waals surface area contributed by atoms with Crippen LogP contribution in [-0.4, -0.2) is 15.7 Å². The van der Waals surface area contributed by atoms with E-state index in [1.165, 1.54) is 29.7 Å². The molecule has 0 unspecified atom stereocenters. The first-order valence-electron chi connectivity index (χ1n) is 7.21. The van der Waals surface area contributed by atoms with Crippen LogP contribution in [0.15, 0.2) is 46.7 Å². The number of alkyl halides is 3. The first-order chi connectivity index (χ1) is 11.8. The molecule has 2 aromatic heterocycles. The quantitative estimate of drug-likeness (QED) is 0.771. The number of thiophene rings is 1. The fraction of sp³-hybridized carbons (Fsp3) is 0.188. The van der Waals surface area contributed by atoms with Crippen LogP contribution in [0, 0.1) is 0 Å². The van der Waals surface area contributed by atoms with E-state index >= 15 is 0 Å². The molecule has 9 heteroatoms. The Hall–Kier alpha value is -2.68. The predicted molar refractivity (Wildman–Crippen MR) is 87.2 cm³/mol. The Balaban J connectivity index is 1.62. The van der Waals surface area contributed by atoms with Crippen LogP contribution in [0.5, 0.6) is 0 Å². The minimum atomic E-state index is -4.39. The van der Waals surface area contributed by atoms with Crippen molar-refractivity contribution in [1.29, 1.82) is 0 Å². The summed E-state index contributed by atoms with van der Waals surface area (Å²) in [7, 11) is 0. The zero-order valence-electron chi connectivity index (χ0n) is 12.7. The molecule has 5 nitrogen and oxygen atoms in total. The maximum Gasteiger partial charge on any atom is 0.416 e. The van der Waals surface area contributed by atoms with Gasteiger partial charge in [0, 0.05) is 6.54 Å². The average molecular weight is 367 g/mol. The molecule has 0 aliphatic carbocycles. The van der Waals surface area contributed by atoms with Gasteiger partial charge in [-0.2, -0.15) is 18.3 Å². The molecule has 0 spiro atoms. The van der Waals surface area contributed by atoms with Crippen molar-refractivity contribution < 1.29 is 18.0 Å². The minimum Gasteiger partial charge on any atom is -0.350 e. The molecule has 0 atom stereocenters. The molecule has 25 heavy (non-hydrogen) atoms. The summed E-state index contributed by atoms with van der Waals surface area (Å²) in [6, 6.07) is 6.17. The van der Waals surface area contributed by atoms with Gasteiger partial charge in [-0.15, -0.1) is 11.3 Å². The molecule has 130 valence electrons. The first-order valence-corrected chi connectivity index (χ1v) is 8.09. The van der Waals surface area contributed by atoms with E-state index in [2.05, 4.69) is 10.4 Å². The number of hydrogen-bond donors (Lipinski definition) is 1. The highest BCUT2D eigenvalue weighted by atomic mass is 32.1. The van der Waals surface area contributed by atoms with Crippen LogP contribution in [0.4, 0.5) is 13.2 Å². The Morgan fingerprint density at radius 2 is 1.92 bits per heavy atom. The topological polar surface area (TPSA) is 64.0 Å². The molecule has 0 fully saturated rings. The summed E-state index contributed by atoms with van der Waals surface area (Å²) in [5.74, 6) is -0.455. The molecule has 1 N–H and O–H groups in total. The first kappa shape index (κ1) is 17.2. The van der Waals surface area contributed by atoms with Crippen LogP contribution < -0.4 is 10.9 Å². The van der Waals surface area contributed by atoms with E-state index in [-0.39, 0.29) is 18.6 Å². The van der Waals surface area contributed by atoms with E-state index in [4.69, 9.17) is 0 Å². The number of fused-ring (bicyclic) bond motifs is 1. The number of aromatic nitrogens is 2. The van der Waals surface area contributed by atoms with Crippen molar-refractivity contribution in [3.05, 3.63) is 63.4 Å². The molecule has 1 amide bonds. The zero-order chi connectivity index (χ0) is 18.0. The van der Waals surface area contributed by atoms with Gasteiger partial charge in [-0.05, 0) is 29.1 Å². The smallest absolute Gasteiger partial charge is 0.350 e. The van der Waals surface area contributed by atoms with Crippen molar-refractivity contribution in [2.45, 2.75) is 19.3 Å². The summed E-state index contributed by atoms with van der Waals surface area (Å²) in [6.45, 7) is -0.197. The maximum atomic E-state index is 12.5. The van der Waals surface area contributed by atoms with Gasteiger partial charge < -0.3 is 5.32 Å².